The number of nitrogens with one attached hydrogen (secondary N) is 1. The Morgan fingerprint density at radius 2 is 1.94 bits per heavy atom. The number of carbonyl (C=O) groups excluding carboxylic acids is 3. The molecule has 32 heavy (non-hydrogen) atoms. The number of ether oxygens (including phenoxy) is 1. The number of urea groups is 1. The number of unbranched alkanes of at least 4 members (excludes halogenated alkanes) is 1. The average Bonchev–Trinajstić information content (AvgIpc) is 2.97. The summed E-state index contributed by atoms with van der Waals surface area (Å²) in [6.07, 6.45) is 5.48. The van der Waals surface area contributed by atoms with E-state index >= 15 is 0 Å². The molecule has 4 amide bonds. The van der Waals surface area contributed by atoms with Crippen LogP contribution in [0.1, 0.15) is 72.6 Å². The van der Waals surface area contributed by atoms with E-state index in [1.807, 2.05) is 20.8 Å². The van der Waals surface area contributed by atoms with Crippen molar-refractivity contribution in [3.63, 3.8) is 0 Å². The van der Waals surface area contributed by atoms with Crippen LogP contribution >= 0.6 is 0 Å². The van der Waals surface area contributed by atoms with Crippen molar-refractivity contribution in [2.24, 2.45) is 0 Å². The van der Waals surface area contributed by atoms with E-state index in [1.54, 1.807) is 9.80 Å². The zero-order valence-corrected chi connectivity index (χ0v) is 19.8. The Hall–Kier alpha value is -2.07. The second-order valence-corrected chi connectivity index (χ2v) is 9.80. The Kier molecular flexibility index (Phi) is 8.21. The van der Waals surface area contributed by atoms with Crippen LogP contribution in [0.5, 0.6) is 0 Å². The highest BCUT2D eigenvalue weighted by molar-refractivity contribution is 5.88. The van der Waals surface area contributed by atoms with Gasteiger partial charge < -0.3 is 14.5 Å². The normalized spacial score (nSPS) is 25.8. The first-order valence-corrected chi connectivity index (χ1v) is 11.8. The Bertz CT molecular complexity index is 682. The molecule has 2 bridgehead atoms. The van der Waals surface area contributed by atoms with Crippen molar-refractivity contribution in [3.05, 3.63) is 0 Å². The fourth-order valence-corrected chi connectivity index (χ4v) is 4.39. The molecule has 10 heteroatoms. The monoisotopic (exact) mass is 454 g/mol. The molecule has 0 aromatic carbocycles. The Morgan fingerprint density at radius 3 is 2.66 bits per heavy atom. The molecule has 3 atom stereocenters. The highest BCUT2D eigenvalue weighted by Crippen LogP contribution is 2.30. The van der Waals surface area contributed by atoms with Crippen LogP contribution in [0.2, 0.25) is 0 Å². The minimum Gasteiger partial charge on any atom is -0.444 e. The molecule has 0 unspecified atom stereocenters. The summed E-state index contributed by atoms with van der Waals surface area (Å²) in [5, 5.41) is 1.44. The van der Waals surface area contributed by atoms with E-state index in [9.17, 15) is 14.4 Å². The minimum absolute atomic E-state index is 0.00560. The van der Waals surface area contributed by atoms with Crippen LogP contribution in [0.15, 0.2) is 0 Å². The molecule has 1 N–H and O–H groups in total. The van der Waals surface area contributed by atoms with Gasteiger partial charge in [0.05, 0.1) is 25.3 Å². The van der Waals surface area contributed by atoms with Gasteiger partial charge in [0.15, 0.2) is 0 Å². The van der Waals surface area contributed by atoms with E-state index in [0.29, 0.717) is 32.5 Å². The lowest BCUT2D eigenvalue weighted by Crippen LogP contribution is -2.52. The third kappa shape index (κ3) is 6.04. The zero-order valence-electron chi connectivity index (χ0n) is 19.8. The summed E-state index contributed by atoms with van der Waals surface area (Å²) >= 11 is 0. The number of hydrogen-bond acceptors (Lipinski definition) is 6. The Morgan fingerprint density at radius 1 is 1.16 bits per heavy atom. The molecule has 3 aliphatic heterocycles. The summed E-state index contributed by atoms with van der Waals surface area (Å²) < 4.78 is 5.50. The maximum absolute atomic E-state index is 12.7. The molecule has 3 saturated heterocycles. The van der Waals surface area contributed by atoms with Crippen LogP contribution in [0.25, 0.3) is 0 Å². The summed E-state index contributed by atoms with van der Waals surface area (Å²) in [5.74, 6) is -0.341. The van der Waals surface area contributed by atoms with E-state index in [0.717, 1.165) is 32.1 Å². The van der Waals surface area contributed by atoms with Gasteiger partial charge in [-0.1, -0.05) is 13.3 Å². The highest BCUT2D eigenvalue weighted by atomic mass is 16.7. The lowest BCUT2D eigenvalue weighted by molar-refractivity contribution is -0.140. The second kappa shape index (κ2) is 10.7. The lowest BCUT2D eigenvalue weighted by Gasteiger charge is -2.36. The van der Waals surface area contributed by atoms with Gasteiger partial charge in [0.2, 0.25) is 0 Å². The van der Waals surface area contributed by atoms with Crippen molar-refractivity contribution in [2.75, 3.05) is 26.3 Å². The third-order valence-corrected chi connectivity index (χ3v) is 6.06. The molecule has 3 fully saturated rings. The van der Waals surface area contributed by atoms with Gasteiger partial charge in [-0.3, -0.25) is 14.5 Å². The molecule has 3 heterocycles. The van der Waals surface area contributed by atoms with Crippen molar-refractivity contribution in [2.45, 2.75) is 96.4 Å². The molecule has 10 nitrogen and oxygen atoms in total. The molecule has 182 valence electrons. The van der Waals surface area contributed by atoms with Crippen LogP contribution < -0.4 is 5.48 Å². The molecular weight excluding hydrogens is 416 g/mol. The number of likely N-dealkylation sites (tertiary alicyclic amines) is 1. The van der Waals surface area contributed by atoms with Gasteiger partial charge in [-0.15, -0.1) is 0 Å². The van der Waals surface area contributed by atoms with Crippen molar-refractivity contribution in [1.29, 1.82) is 0 Å². The first-order valence-electron chi connectivity index (χ1n) is 11.8. The summed E-state index contributed by atoms with van der Waals surface area (Å²) in [6.45, 7) is 9.36. The molecule has 0 spiro atoms. The van der Waals surface area contributed by atoms with Gasteiger partial charge >= 0.3 is 12.1 Å². The molecule has 0 saturated carbocycles. The Balaban J connectivity index is 1.48. The van der Waals surface area contributed by atoms with Crippen LogP contribution in [0, 0.1) is 0 Å². The Labute approximate surface area is 190 Å². The first kappa shape index (κ1) is 24.6. The number of carbonyl (C=O) groups is 3. The topological polar surface area (TPSA) is 101 Å². The molecular formula is C22H38N4O6. The predicted molar refractivity (Wildman–Crippen MR) is 116 cm³/mol. The summed E-state index contributed by atoms with van der Waals surface area (Å²) in [4.78, 5) is 52.4. The summed E-state index contributed by atoms with van der Waals surface area (Å²) in [5.41, 5.74) is 1.94. The van der Waals surface area contributed by atoms with E-state index in [2.05, 4.69) is 12.4 Å². The maximum atomic E-state index is 12.7. The van der Waals surface area contributed by atoms with Crippen molar-refractivity contribution < 1.29 is 28.8 Å². The quantitative estimate of drug-likeness (QED) is 0.447. The molecule has 0 aliphatic carbocycles. The fourth-order valence-electron chi connectivity index (χ4n) is 4.39. The maximum Gasteiger partial charge on any atom is 0.410 e. The van der Waals surface area contributed by atoms with Gasteiger partial charge in [0.25, 0.3) is 5.91 Å². The lowest BCUT2D eigenvalue weighted by atomic mass is 10.0. The van der Waals surface area contributed by atoms with E-state index in [1.165, 1.54) is 5.06 Å². The van der Waals surface area contributed by atoms with Crippen LogP contribution in [0.3, 0.4) is 0 Å². The molecule has 3 rings (SSSR count). The van der Waals surface area contributed by atoms with Gasteiger partial charge in [-0.25, -0.2) is 15.1 Å². The van der Waals surface area contributed by atoms with Crippen LogP contribution in [-0.2, 0) is 19.2 Å². The average molecular weight is 455 g/mol. The number of hydroxylamine groups is 3. The standard InChI is InChI=1S/C22H38N4O6/c1-5-6-13-31-26-16-10-11-18(25(14-16)20(26)28)19(27)23-30-15-17-9-7-8-12-24(17)21(29)32-22(2,3)4/h16-18H,5-15H2,1-4H3,(H,23,27)/t16-,17-,18-/m0/s1. The largest absolute Gasteiger partial charge is 0.444 e. The van der Waals surface area contributed by atoms with Crippen LogP contribution in [0.4, 0.5) is 9.59 Å². The first-order chi connectivity index (χ1) is 15.2. The number of rotatable bonds is 8. The van der Waals surface area contributed by atoms with E-state index in [4.69, 9.17) is 14.4 Å². The van der Waals surface area contributed by atoms with E-state index < -0.39 is 11.6 Å². The molecule has 3 aliphatic rings. The third-order valence-electron chi connectivity index (χ3n) is 6.06. The fraction of sp³-hybridized carbons (Fsp3) is 0.864. The SMILES string of the molecule is CCCCON1C(=O)N2C[C@@H]1CC[C@H]2C(=O)NOC[C@@H]1CCCCN1C(=O)OC(C)(C)C. The summed E-state index contributed by atoms with van der Waals surface area (Å²) in [7, 11) is 0. The molecule has 0 aromatic heterocycles. The highest BCUT2D eigenvalue weighted by Gasteiger charge is 2.48. The second-order valence-electron chi connectivity index (χ2n) is 9.80. The smallest absolute Gasteiger partial charge is 0.410 e. The van der Waals surface area contributed by atoms with Crippen LogP contribution in [-0.4, -0.2) is 82.9 Å². The number of fused-ring (bicyclic) bond motifs is 2. The number of hydrogen-bond donors (Lipinski definition) is 1. The number of amides is 4. The van der Waals surface area contributed by atoms with Crippen molar-refractivity contribution in [3.8, 4) is 0 Å². The summed E-state index contributed by atoms with van der Waals surface area (Å²) in [6, 6.07) is -1.00. The zero-order chi connectivity index (χ0) is 23.3. The molecule has 0 radical (unpaired) electrons. The van der Waals surface area contributed by atoms with E-state index in [-0.39, 0.29) is 36.7 Å². The van der Waals surface area contributed by atoms with Gasteiger partial charge in [0, 0.05) is 13.1 Å². The van der Waals surface area contributed by atoms with Crippen molar-refractivity contribution >= 4 is 18.0 Å². The number of nitrogens with zero attached hydrogens (tertiary/aromatic N) is 3. The van der Waals surface area contributed by atoms with Gasteiger partial charge in [-0.2, -0.15) is 5.06 Å². The van der Waals surface area contributed by atoms with Gasteiger partial charge in [-0.05, 0) is 59.3 Å². The van der Waals surface area contributed by atoms with Crippen molar-refractivity contribution in [1.82, 2.24) is 20.3 Å². The van der Waals surface area contributed by atoms with Gasteiger partial charge in [0.1, 0.15) is 11.6 Å². The number of piperidine rings is 2. The minimum atomic E-state index is -0.577. The molecule has 0 aromatic rings. The predicted octanol–water partition coefficient (Wildman–Crippen LogP) is 2.82.